The second kappa shape index (κ2) is 3.32. The molecule has 1 rings (SSSR count). The summed E-state index contributed by atoms with van der Waals surface area (Å²) in [4.78, 5) is 9.52. The largest absolute Gasteiger partial charge is 0.396 e. The Hall–Kier alpha value is -0.120. The molecule has 0 aromatic carbocycles. The Labute approximate surface area is 60.9 Å². The fourth-order valence-corrected chi connectivity index (χ4v) is 1.07. The highest BCUT2D eigenvalue weighted by atomic mass is 17.2. The van der Waals surface area contributed by atoms with Crippen molar-refractivity contribution in [1.82, 2.24) is 0 Å². The normalized spacial score (nSPS) is 34.2. The number of hydrogen-bond donors (Lipinski definition) is 1. The van der Waals surface area contributed by atoms with Crippen LogP contribution in [0.25, 0.3) is 0 Å². The third kappa shape index (κ3) is 1.48. The molecule has 0 saturated carbocycles. The average molecular weight is 146 g/mol. The van der Waals surface area contributed by atoms with E-state index >= 15 is 0 Å². The van der Waals surface area contributed by atoms with Gasteiger partial charge in [-0.2, -0.15) is 0 Å². The van der Waals surface area contributed by atoms with Gasteiger partial charge in [0.05, 0.1) is 19.8 Å². The molecular weight excluding hydrogens is 132 g/mol. The summed E-state index contributed by atoms with van der Waals surface area (Å²) in [7, 11) is 0. The molecule has 0 aromatic rings. The summed E-state index contributed by atoms with van der Waals surface area (Å²) in [5, 5.41) is 9.01. The zero-order valence-corrected chi connectivity index (χ0v) is 6.30. The van der Waals surface area contributed by atoms with Gasteiger partial charge in [0.15, 0.2) is 0 Å². The van der Waals surface area contributed by atoms with Gasteiger partial charge < -0.3 is 5.11 Å². The van der Waals surface area contributed by atoms with Crippen LogP contribution in [0.5, 0.6) is 0 Å². The highest BCUT2D eigenvalue weighted by Crippen LogP contribution is 2.29. The van der Waals surface area contributed by atoms with Gasteiger partial charge in [-0.3, -0.25) is 0 Å². The Morgan fingerprint density at radius 2 is 2.30 bits per heavy atom. The van der Waals surface area contributed by atoms with Crippen LogP contribution in [0.3, 0.4) is 0 Å². The van der Waals surface area contributed by atoms with Crippen LogP contribution in [0, 0.1) is 5.41 Å². The molecule has 0 bridgehead atoms. The fraction of sp³-hybridized carbons (Fsp3) is 1.00. The minimum Gasteiger partial charge on any atom is -0.396 e. The third-order valence-corrected chi connectivity index (χ3v) is 2.25. The van der Waals surface area contributed by atoms with E-state index in [0.717, 1.165) is 12.8 Å². The maximum atomic E-state index is 9.01. The SMILES string of the molecule is CCC1(CO)CCOOC1. The first-order valence-electron chi connectivity index (χ1n) is 3.68. The van der Waals surface area contributed by atoms with Crippen LogP contribution < -0.4 is 0 Å². The van der Waals surface area contributed by atoms with Crippen LogP contribution in [0.4, 0.5) is 0 Å². The summed E-state index contributed by atoms with van der Waals surface area (Å²) in [6.45, 7) is 3.40. The molecule has 1 aliphatic rings. The van der Waals surface area contributed by atoms with Crippen molar-refractivity contribution in [3.05, 3.63) is 0 Å². The molecule has 0 aromatic heterocycles. The first-order valence-corrected chi connectivity index (χ1v) is 3.68. The van der Waals surface area contributed by atoms with Crippen LogP contribution in [-0.4, -0.2) is 24.9 Å². The third-order valence-electron chi connectivity index (χ3n) is 2.25. The predicted molar refractivity (Wildman–Crippen MR) is 36.3 cm³/mol. The Morgan fingerprint density at radius 1 is 1.50 bits per heavy atom. The lowest BCUT2D eigenvalue weighted by molar-refractivity contribution is -0.342. The smallest absolute Gasteiger partial charge is 0.0901 e. The van der Waals surface area contributed by atoms with Crippen molar-refractivity contribution in [3.63, 3.8) is 0 Å². The van der Waals surface area contributed by atoms with E-state index in [0.29, 0.717) is 13.2 Å². The molecule has 1 aliphatic heterocycles. The van der Waals surface area contributed by atoms with Crippen molar-refractivity contribution in [3.8, 4) is 0 Å². The minimum absolute atomic E-state index is 0.0295. The van der Waals surface area contributed by atoms with E-state index in [4.69, 9.17) is 14.9 Å². The van der Waals surface area contributed by atoms with Crippen molar-refractivity contribution < 1.29 is 14.9 Å². The van der Waals surface area contributed by atoms with E-state index in [-0.39, 0.29) is 12.0 Å². The standard InChI is InChI=1S/C7H14O3/c1-2-7(5-8)3-4-9-10-6-7/h8H,2-6H2,1H3. The van der Waals surface area contributed by atoms with Gasteiger partial charge in [0.2, 0.25) is 0 Å². The van der Waals surface area contributed by atoms with Gasteiger partial charge >= 0.3 is 0 Å². The molecule has 3 nitrogen and oxygen atoms in total. The summed E-state index contributed by atoms with van der Waals surface area (Å²) in [6, 6.07) is 0. The monoisotopic (exact) mass is 146 g/mol. The van der Waals surface area contributed by atoms with Gasteiger partial charge in [0.1, 0.15) is 0 Å². The first-order chi connectivity index (χ1) is 4.83. The highest BCUT2D eigenvalue weighted by Gasteiger charge is 2.31. The van der Waals surface area contributed by atoms with Gasteiger partial charge in [-0.1, -0.05) is 6.92 Å². The van der Waals surface area contributed by atoms with Crippen molar-refractivity contribution in [2.45, 2.75) is 19.8 Å². The number of rotatable bonds is 2. The van der Waals surface area contributed by atoms with E-state index in [1.807, 2.05) is 0 Å². The lowest BCUT2D eigenvalue weighted by atomic mass is 9.83. The lowest BCUT2D eigenvalue weighted by Gasteiger charge is -2.32. The molecule has 0 radical (unpaired) electrons. The predicted octanol–water partition coefficient (Wildman–Crippen LogP) is 0.727. The Balaban J connectivity index is 2.44. The van der Waals surface area contributed by atoms with E-state index in [9.17, 15) is 0 Å². The maximum absolute atomic E-state index is 9.01. The zero-order valence-electron chi connectivity index (χ0n) is 6.30. The van der Waals surface area contributed by atoms with E-state index in [1.54, 1.807) is 0 Å². The highest BCUT2D eigenvalue weighted by molar-refractivity contribution is 4.77. The van der Waals surface area contributed by atoms with Crippen molar-refractivity contribution in [1.29, 1.82) is 0 Å². The lowest BCUT2D eigenvalue weighted by Crippen LogP contribution is -2.35. The topological polar surface area (TPSA) is 38.7 Å². The zero-order chi connectivity index (χ0) is 7.45. The number of aliphatic hydroxyl groups excluding tert-OH is 1. The van der Waals surface area contributed by atoms with Crippen LogP contribution >= 0.6 is 0 Å². The summed E-state index contributed by atoms with van der Waals surface area (Å²) in [5.74, 6) is 0. The summed E-state index contributed by atoms with van der Waals surface area (Å²) in [6.07, 6.45) is 1.85. The second-order valence-electron chi connectivity index (χ2n) is 2.85. The van der Waals surface area contributed by atoms with Crippen molar-refractivity contribution in [2.24, 2.45) is 5.41 Å². The Morgan fingerprint density at radius 3 is 2.60 bits per heavy atom. The van der Waals surface area contributed by atoms with Gasteiger partial charge in [-0.05, 0) is 12.8 Å². The minimum atomic E-state index is -0.0295. The van der Waals surface area contributed by atoms with Crippen LogP contribution in [0.15, 0.2) is 0 Å². The van der Waals surface area contributed by atoms with Crippen molar-refractivity contribution >= 4 is 0 Å². The number of hydrogen-bond acceptors (Lipinski definition) is 3. The molecule has 0 aliphatic carbocycles. The molecule has 1 N–H and O–H groups in total. The molecular formula is C7H14O3. The second-order valence-corrected chi connectivity index (χ2v) is 2.85. The first kappa shape index (κ1) is 7.98. The Kier molecular flexibility index (Phi) is 2.65. The summed E-state index contributed by atoms with van der Waals surface area (Å²) >= 11 is 0. The van der Waals surface area contributed by atoms with E-state index in [1.165, 1.54) is 0 Å². The number of aliphatic hydroxyl groups is 1. The fourth-order valence-electron chi connectivity index (χ4n) is 1.07. The molecule has 3 heteroatoms. The van der Waals surface area contributed by atoms with Gasteiger partial charge in [0, 0.05) is 5.41 Å². The molecule has 1 atom stereocenters. The quantitative estimate of drug-likeness (QED) is 0.583. The maximum Gasteiger partial charge on any atom is 0.0901 e. The summed E-state index contributed by atoms with van der Waals surface area (Å²) in [5.41, 5.74) is -0.0295. The summed E-state index contributed by atoms with van der Waals surface area (Å²) < 4.78 is 0. The molecule has 0 spiro atoms. The van der Waals surface area contributed by atoms with Crippen LogP contribution in [0.1, 0.15) is 19.8 Å². The molecule has 0 amide bonds. The van der Waals surface area contributed by atoms with E-state index in [2.05, 4.69) is 6.92 Å². The van der Waals surface area contributed by atoms with Crippen LogP contribution in [-0.2, 0) is 9.78 Å². The van der Waals surface area contributed by atoms with Gasteiger partial charge in [-0.25, -0.2) is 9.78 Å². The van der Waals surface area contributed by atoms with Gasteiger partial charge in [-0.15, -0.1) is 0 Å². The van der Waals surface area contributed by atoms with E-state index < -0.39 is 0 Å². The molecule has 60 valence electrons. The molecule has 10 heavy (non-hydrogen) atoms. The molecule has 1 unspecified atom stereocenters. The molecule has 1 saturated heterocycles. The molecule has 1 fully saturated rings. The van der Waals surface area contributed by atoms with Gasteiger partial charge in [0.25, 0.3) is 0 Å². The Bertz CT molecular complexity index is 91.0. The average Bonchev–Trinajstić information content (AvgIpc) is 2.06. The van der Waals surface area contributed by atoms with Crippen molar-refractivity contribution in [2.75, 3.05) is 19.8 Å². The van der Waals surface area contributed by atoms with Crippen LogP contribution in [0.2, 0.25) is 0 Å². The molecule has 1 heterocycles.